The monoisotopic (exact) mass is 409 g/mol. The maximum Gasteiger partial charge on any atom is 0.228 e. The third-order valence-corrected chi connectivity index (χ3v) is 8.72. The van der Waals surface area contributed by atoms with Crippen molar-refractivity contribution in [3.63, 3.8) is 0 Å². The summed E-state index contributed by atoms with van der Waals surface area (Å²) >= 11 is 1.68. The van der Waals surface area contributed by atoms with Gasteiger partial charge in [0.1, 0.15) is 0 Å². The van der Waals surface area contributed by atoms with Gasteiger partial charge >= 0.3 is 0 Å². The van der Waals surface area contributed by atoms with Gasteiger partial charge in [-0.2, -0.15) is 0 Å². The highest BCUT2D eigenvalue weighted by Gasteiger charge is 2.60. The molecule has 3 fully saturated rings. The van der Waals surface area contributed by atoms with E-state index >= 15 is 0 Å². The lowest BCUT2D eigenvalue weighted by molar-refractivity contribution is -0.134. The minimum Gasteiger partial charge on any atom is -0.334 e. The third kappa shape index (κ3) is 3.23. The number of aromatic nitrogens is 1. The topological polar surface area (TPSA) is 45.2 Å². The summed E-state index contributed by atoms with van der Waals surface area (Å²) in [7, 11) is 0. The number of likely N-dealkylation sites (tertiary alicyclic amines) is 1. The summed E-state index contributed by atoms with van der Waals surface area (Å²) in [5.74, 6) is 0.304. The molecule has 4 nitrogen and oxygen atoms in total. The summed E-state index contributed by atoms with van der Waals surface area (Å²) in [5, 5.41) is 5.05. The molecule has 29 heavy (non-hydrogen) atoms. The van der Waals surface area contributed by atoms with Crippen LogP contribution in [0.5, 0.6) is 0 Å². The second-order valence-electron chi connectivity index (χ2n) is 9.46. The van der Waals surface area contributed by atoms with Crippen molar-refractivity contribution in [2.24, 2.45) is 5.41 Å². The van der Waals surface area contributed by atoms with Gasteiger partial charge in [0, 0.05) is 34.5 Å². The van der Waals surface area contributed by atoms with Crippen molar-refractivity contribution in [2.75, 3.05) is 0 Å². The minimum atomic E-state index is 0.213. The number of hydrogen-bond acceptors (Lipinski definition) is 4. The quantitative estimate of drug-likeness (QED) is 0.829. The molecule has 154 valence electrons. The van der Waals surface area contributed by atoms with Crippen LogP contribution in [0.15, 0.2) is 30.3 Å². The Morgan fingerprint density at radius 1 is 1.28 bits per heavy atom. The average molecular weight is 410 g/mol. The summed E-state index contributed by atoms with van der Waals surface area (Å²) in [6.45, 7) is 6.49. The van der Waals surface area contributed by atoms with E-state index in [0.29, 0.717) is 36.5 Å². The predicted octanol–water partition coefficient (Wildman–Crippen LogP) is 4.05. The molecule has 0 spiro atoms. The van der Waals surface area contributed by atoms with Crippen LogP contribution in [-0.2, 0) is 17.6 Å². The van der Waals surface area contributed by atoms with Crippen LogP contribution in [0.2, 0.25) is 0 Å². The molecule has 1 aliphatic carbocycles. The lowest BCUT2D eigenvalue weighted by Gasteiger charge is -2.46. The highest BCUT2D eigenvalue weighted by molar-refractivity contribution is 7.11. The summed E-state index contributed by atoms with van der Waals surface area (Å²) in [5.41, 5.74) is 2.59. The van der Waals surface area contributed by atoms with E-state index in [4.69, 9.17) is 0 Å². The van der Waals surface area contributed by atoms with Crippen molar-refractivity contribution < 1.29 is 4.79 Å². The molecule has 3 aliphatic rings. The van der Waals surface area contributed by atoms with Gasteiger partial charge in [0.2, 0.25) is 5.91 Å². The van der Waals surface area contributed by atoms with E-state index in [1.807, 2.05) is 13.8 Å². The zero-order valence-corrected chi connectivity index (χ0v) is 18.5. The molecule has 1 N–H and O–H groups in total. The number of nitrogens with zero attached hydrogens (tertiary/aromatic N) is 2. The number of thiazole rings is 1. The minimum absolute atomic E-state index is 0.213. The number of carbonyl (C=O) groups is 1. The summed E-state index contributed by atoms with van der Waals surface area (Å²) in [6, 6.07) is 12.3. The number of amides is 1. The number of benzene rings is 1. The van der Waals surface area contributed by atoms with Crippen molar-refractivity contribution in [3.05, 3.63) is 51.5 Å². The number of aryl methyl sites for hydroxylation is 2. The Morgan fingerprint density at radius 3 is 2.79 bits per heavy atom. The molecule has 2 aromatic rings. The predicted molar refractivity (Wildman–Crippen MR) is 117 cm³/mol. The van der Waals surface area contributed by atoms with Crippen LogP contribution in [0.4, 0.5) is 0 Å². The van der Waals surface area contributed by atoms with Crippen LogP contribution in [0, 0.1) is 19.3 Å². The van der Waals surface area contributed by atoms with E-state index in [-0.39, 0.29) is 5.41 Å². The second-order valence-corrected chi connectivity index (χ2v) is 10.7. The first-order valence-electron chi connectivity index (χ1n) is 11.0. The van der Waals surface area contributed by atoms with Gasteiger partial charge in [-0.25, -0.2) is 4.98 Å². The van der Waals surface area contributed by atoms with Gasteiger partial charge < -0.3 is 10.2 Å². The number of fused-ring (bicyclic) bond motifs is 1. The smallest absolute Gasteiger partial charge is 0.228 e. The van der Waals surface area contributed by atoms with E-state index < -0.39 is 0 Å². The Balaban J connectivity index is 1.45. The normalized spacial score (nSPS) is 33.1. The molecular formula is C24H31N3OS. The SMILES string of the molecule is Cc1nc(C)c(CC(=O)N2[C@H]3CCC[C@H]4N[C@H](Cc5ccccc5)[C@@H]2C[C@@]34C)s1. The van der Waals surface area contributed by atoms with Crippen molar-refractivity contribution in [1.29, 1.82) is 0 Å². The highest BCUT2D eigenvalue weighted by Crippen LogP contribution is 2.53. The lowest BCUT2D eigenvalue weighted by Crippen LogP contribution is -2.58. The van der Waals surface area contributed by atoms with Crippen molar-refractivity contribution in [1.82, 2.24) is 15.2 Å². The van der Waals surface area contributed by atoms with Gasteiger partial charge in [-0.05, 0) is 51.5 Å². The van der Waals surface area contributed by atoms with Crippen LogP contribution >= 0.6 is 11.3 Å². The Labute approximate surface area is 177 Å². The maximum atomic E-state index is 13.6. The number of rotatable bonds is 4. The lowest BCUT2D eigenvalue weighted by atomic mass is 9.65. The molecule has 2 bridgehead atoms. The number of piperidine rings is 1. The fourth-order valence-electron chi connectivity index (χ4n) is 6.29. The second kappa shape index (κ2) is 7.21. The fourth-order valence-corrected chi connectivity index (χ4v) is 7.22. The van der Waals surface area contributed by atoms with E-state index in [1.165, 1.54) is 18.4 Å². The molecule has 5 rings (SSSR count). The van der Waals surface area contributed by atoms with Gasteiger partial charge in [0.15, 0.2) is 0 Å². The first-order valence-corrected chi connectivity index (χ1v) is 11.8. The van der Waals surface area contributed by atoms with Crippen LogP contribution in [0.25, 0.3) is 0 Å². The van der Waals surface area contributed by atoms with Crippen LogP contribution < -0.4 is 5.32 Å². The largest absolute Gasteiger partial charge is 0.334 e. The molecule has 2 aliphatic heterocycles. The van der Waals surface area contributed by atoms with Crippen LogP contribution in [0.3, 0.4) is 0 Å². The van der Waals surface area contributed by atoms with Crippen molar-refractivity contribution >= 4 is 17.2 Å². The van der Waals surface area contributed by atoms with E-state index in [1.54, 1.807) is 11.3 Å². The Hall–Kier alpha value is -1.72. The zero-order chi connectivity index (χ0) is 20.2. The highest BCUT2D eigenvalue weighted by atomic mass is 32.1. The molecule has 0 unspecified atom stereocenters. The average Bonchev–Trinajstić information content (AvgIpc) is 3.17. The molecule has 1 saturated carbocycles. The van der Waals surface area contributed by atoms with Gasteiger partial charge in [0.05, 0.1) is 17.1 Å². The molecule has 0 radical (unpaired) electrons. The first kappa shape index (κ1) is 19.3. The third-order valence-electron chi connectivity index (χ3n) is 7.65. The molecule has 1 amide bonds. The standard InChI is InChI=1S/C24H31N3OS/c1-15-20(29-16(2)25-15)13-23(28)27-19-14-24(3)21(10-7-11-22(24)27)26-18(19)12-17-8-5-4-6-9-17/h4-6,8-9,18-19,21-22,26H,7,10-14H2,1-3H3/t18-,19+,21-,22+,24-/m1/s1. The summed E-state index contributed by atoms with van der Waals surface area (Å²) in [4.78, 5) is 21.6. The number of hydrogen-bond donors (Lipinski definition) is 1. The van der Waals surface area contributed by atoms with E-state index in [2.05, 4.69) is 52.5 Å². The molecule has 3 heterocycles. The van der Waals surface area contributed by atoms with Gasteiger partial charge in [-0.3, -0.25) is 4.79 Å². The zero-order valence-electron chi connectivity index (χ0n) is 17.6. The Bertz CT molecular complexity index is 910. The van der Waals surface area contributed by atoms with Crippen LogP contribution in [0.1, 0.15) is 53.7 Å². The molecular weight excluding hydrogens is 378 g/mol. The molecule has 1 aromatic heterocycles. The van der Waals surface area contributed by atoms with Crippen LogP contribution in [-0.4, -0.2) is 40.0 Å². The van der Waals surface area contributed by atoms with Gasteiger partial charge in [-0.15, -0.1) is 11.3 Å². The molecule has 5 heteroatoms. The molecule has 2 saturated heterocycles. The first-order chi connectivity index (χ1) is 14.0. The Morgan fingerprint density at radius 2 is 2.07 bits per heavy atom. The molecule has 1 aromatic carbocycles. The summed E-state index contributed by atoms with van der Waals surface area (Å²) < 4.78 is 0. The summed E-state index contributed by atoms with van der Waals surface area (Å²) in [6.07, 6.45) is 6.23. The van der Waals surface area contributed by atoms with E-state index in [9.17, 15) is 4.79 Å². The Kier molecular flexibility index (Phi) is 4.78. The van der Waals surface area contributed by atoms with Crippen molar-refractivity contribution in [3.8, 4) is 0 Å². The van der Waals surface area contributed by atoms with Gasteiger partial charge in [0.25, 0.3) is 0 Å². The maximum absolute atomic E-state index is 13.6. The molecule has 5 atom stereocenters. The van der Waals surface area contributed by atoms with Crippen molar-refractivity contribution in [2.45, 2.75) is 83.5 Å². The number of carbonyl (C=O) groups excluding carboxylic acids is 1. The van der Waals surface area contributed by atoms with Gasteiger partial charge in [-0.1, -0.05) is 37.3 Å². The fraction of sp³-hybridized carbons (Fsp3) is 0.583. The van der Waals surface area contributed by atoms with E-state index in [0.717, 1.165) is 34.8 Å². The number of nitrogens with one attached hydrogen (secondary N) is 1.